The van der Waals surface area contributed by atoms with Crippen molar-refractivity contribution in [1.29, 1.82) is 0 Å². The Hall–Kier alpha value is -2.28. The molecule has 19 heavy (non-hydrogen) atoms. The second kappa shape index (κ2) is 5.15. The summed E-state index contributed by atoms with van der Waals surface area (Å²) in [7, 11) is 0. The van der Waals surface area contributed by atoms with Crippen molar-refractivity contribution in [2.24, 2.45) is 0 Å². The van der Waals surface area contributed by atoms with E-state index in [1.165, 1.54) is 0 Å². The van der Waals surface area contributed by atoms with E-state index >= 15 is 0 Å². The quantitative estimate of drug-likeness (QED) is 0.787. The van der Waals surface area contributed by atoms with Gasteiger partial charge in [-0.05, 0) is 35.5 Å². The molecule has 0 saturated carbocycles. The fourth-order valence-corrected chi connectivity index (χ4v) is 2.29. The van der Waals surface area contributed by atoms with Crippen LogP contribution in [0.3, 0.4) is 0 Å². The molecule has 0 unspecified atom stereocenters. The van der Waals surface area contributed by atoms with Gasteiger partial charge in [0.25, 0.3) is 0 Å². The van der Waals surface area contributed by atoms with Crippen LogP contribution in [0.1, 0.15) is 11.5 Å². The van der Waals surface area contributed by atoms with Gasteiger partial charge < -0.3 is 5.32 Å². The lowest BCUT2D eigenvalue weighted by atomic mass is 10.2. The average Bonchev–Trinajstić information content (AvgIpc) is 3.08. The number of aryl methyl sites for hydroxylation is 1. The molecule has 0 aliphatic rings. The normalized spacial score (nSPS) is 10.6. The topological polar surface area (TPSA) is 68.5 Å². The first-order chi connectivity index (χ1) is 9.33. The summed E-state index contributed by atoms with van der Waals surface area (Å²) in [4.78, 5) is 4.24. The molecule has 0 amide bonds. The number of hydrogen-bond acceptors (Lipinski definition) is 6. The molecule has 1 aromatic carbocycles. The molecule has 0 aliphatic heterocycles. The molecule has 0 fully saturated rings. The maximum Gasteiger partial charge on any atom is 0.153 e. The minimum atomic E-state index is 0.710. The SMILES string of the molecule is Cc1nnnn1-c1cccc(NCc2cscn2)c1. The third-order valence-electron chi connectivity index (χ3n) is 2.67. The van der Waals surface area contributed by atoms with Gasteiger partial charge in [0.1, 0.15) is 0 Å². The van der Waals surface area contributed by atoms with Gasteiger partial charge in [0.15, 0.2) is 5.82 Å². The van der Waals surface area contributed by atoms with Crippen molar-refractivity contribution in [1.82, 2.24) is 25.2 Å². The Morgan fingerprint density at radius 2 is 2.32 bits per heavy atom. The number of anilines is 1. The van der Waals surface area contributed by atoms with Crippen molar-refractivity contribution >= 4 is 17.0 Å². The van der Waals surface area contributed by atoms with Crippen molar-refractivity contribution in [2.75, 3.05) is 5.32 Å². The van der Waals surface area contributed by atoms with E-state index in [2.05, 4.69) is 25.8 Å². The van der Waals surface area contributed by atoms with Crippen LogP contribution < -0.4 is 5.32 Å². The van der Waals surface area contributed by atoms with Gasteiger partial charge in [-0.25, -0.2) is 4.98 Å². The molecular formula is C12H12N6S. The zero-order chi connectivity index (χ0) is 13.1. The largest absolute Gasteiger partial charge is 0.379 e. The summed E-state index contributed by atoms with van der Waals surface area (Å²) in [5.41, 5.74) is 4.82. The summed E-state index contributed by atoms with van der Waals surface area (Å²) in [6, 6.07) is 7.96. The molecule has 96 valence electrons. The van der Waals surface area contributed by atoms with E-state index in [1.54, 1.807) is 16.0 Å². The number of nitrogens with zero attached hydrogens (tertiary/aromatic N) is 5. The molecule has 0 atom stereocenters. The molecular weight excluding hydrogens is 260 g/mol. The molecule has 0 saturated heterocycles. The highest BCUT2D eigenvalue weighted by Gasteiger charge is 2.04. The Balaban J connectivity index is 1.78. The summed E-state index contributed by atoms with van der Waals surface area (Å²) >= 11 is 1.60. The van der Waals surface area contributed by atoms with Crippen LogP contribution in [0.2, 0.25) is 0 Å². The fraction of sp³-hybridized carbons (Fsp3) is 0.167. The number of aromatic nitrogens is 5. The van der Waals surface area contributed by atoms with Gasteiger partial charge in [0, 0.05) is 11.1 Å². The highest BCUT2D eigenvalue weighted by Crippen LogP contribution is 2.15. The van der Waals surface area contributed by atoms with Crippen LogP contribution in [-0.4, -0.2) is 25.2 Å². The lowest BCUT2D eigenvalue weighted by molar-refractivity contribution is 0.779. The first-order valence-corrected chi connectivity index (χ1v) is 6.73. The molecule has 7 heteroatoms. The second-order valence-corrected chi connectivity index (χ2v) is 4.74. The Morgan fingerprint density at radius 3 is 3.05 bits per heavy atom. The van der Waals surface area contributed by atoms with Crippen LogP contribution in [0.25, 0.3) is 5.69 Å². The first kappa shape index (κ1) is 11.8. The molecule has 0 spiro atoms. The lowest BCUT2D eigenvalue weighted by Crippen LogP contribution is -2.03. The number of benzene rings is 1. The molecule has 3 rings (SSSR count). The summed E-state index contributed by atoms with van der Waals surface area (Å²) in [5.74, 6) is 0.761. The van der Waals surface area contributed by atoms with Crippen molar-refractivity contribution in [3.05, 3.63) is 46.7 Å². The van der Waals surface area contributed by atoms with Gasteiger partial charge >= 0.3 is 0 Å². The van der Waals surface area contributed by atoms with E-state index < -0.39 is 0 Å². The van der Waals surface area contributed by atoms with Gasteiger partial charge in [-0.3, -0.25) is 0 Å². The molecule has 3 aromatic rings. The Bertz CT molecular complexity index is 660. The molecule has 0 radical (unpaired) electrons. The van der Waals surface area contributed by atoms with Crippen LogP contribution in [0.15, 0.2) is 35.2 Å². The zero-order valence-corrected chi connectivity index (χ0v) is 11.1. The number of hydrogen-bond donors (Lipinski definition) is 1. The van der Waals surface area contributed by atoms with E-state index in [-0.39, 0.29) is 0 Å². The van der Waals surface area contributed by atoms with Gasteiger partial charge in [-0.15, -0.1) is 16.4 Å². The van der Waals surface area contributed by atoms with Gasteiger partial charge in [0.2, 0.25) is 0 Å². The maximum atomic E-state index is 4.24. The highest BCUT2D eigenvalue weighted by molar-refractivity contribution is 7.07. The standard InChI is InChI=1S/C12H12N6S/c1-9-15-16-17-18(9)12-4-2-3-10(5-12)13-6-11-7-19-8-14-11/h2-5,7-8,13H,6H2,1H3. The summed E-state index contributed by atoms with van der Waals surface area (Å²) in [6.07, 6.45) is 0. The Labute approximate surface area is 114 Å². The van der Waals surface area contributed by atoms with Gasteiger partial charge in [-0.1, -0.05) is 6.07 Å². The van der Waals surface area contributed by atoms with E-state index in [0.717, 1.165) is 22.9 Å². The summed E-state index contributed by atoms with van der Waals surface area (Å²) in [6.45, 7) is 2.58. The zero-order valence-electron chi connectivity index (χ0n) is 10.3. The third-order valence-corrected chi connectivity index (χ3v) is 3.31. The minimum absolute atomic E-state index is 0.710. The van der Waals surface area contributed by atoms with Gasteiger partial charge in [0.05, 0.1) is 23.4 Å². The van der Waals surface area contributed by atoms with Crippen LogP contribution in [0, 0.1) is 6.92 Å². The molecule has 2 heterocycles. The lowest BCUT2D eigenvalue weighted by Gasteiger charge is -2.07. The third kappa shape index (κ3) is 2.60. The van der Waals surface area contributed by atoms with Crippen molar-refractivity contribution in [2.45, 2.75) is 13.5 Å². The fourth-order valence-electron chi connectivity index (χ4n) is 1.74. The monoisotopic (exact) mass is 272 g/mol. The molecule has 0 aliphatic carbocycles. The van der Waals surface area contributed by atoms with E-state index in [1.807, 2.05) is 42.1 Å². The molecule has 6 nitrogen and oxygen atoms in total. The highest BCUT2D eigenvalue weighted by atomic mass is 32.1. The van der Waals surface area contributed by atoms with Crippen LogP contribution in [-0.2, 0) is 6.54 Å². The first-order valence-electron chi connectivity index (χ1n) is 5.79. The summed E-state index contributed by atoms with van der Waals surface area (Å²) in [5, 5.41) is 16.8. The molecule has 0 bridgehead atoms. The Kier molecular flexibility index (Phi) is 3.20. The number of nitrogens with one attached hydrogen (secondary N) is 1. The van der Waals surface area contributed by atoms with Crippen LogP contribution >= 0.6 is 11.3 Å². The number of rotatable bonds is 4. The van der Waals surface area contributed by atoms with E-state index in [4.69, 9.17) is 0 Å². The van der Waals surface area contributed by atoms with E-state index in [9.17, 15) is 0 Å². The van der Waals surface area contributed by atoms with Gasteiger partial charge in [-0.2, -0.15) is 4.68 Å². The van der Waals surface area contributed by atoms with Crippen molar-refractivity contribution in [3.63, 3.8) is 0 Å². The van der Waals surface area contributed by atoms with Crippen LogP contribution in [0.4, 0.5) is 5.69 Å². The van der Waals surface area contributed by atoms with Crippen molar-refractivity contribution < 1.29 is 0 Å². The number of tetrazole rings is 1. The molecule has 1 N–H and O–H groups in total. The van der Waals surface area contributed by atoms with Crippen molar-refractivity contribution in [3.8, 4) is 5.69 Å². The smallest absolute Gasteiger partial charge is 0.153 e. The predicted molar refractivity (Wildman–Crippen MR) is 73.3 cm³/mol. The Morgan fingerprint density at radius 1 is 1.37 bits per heavy atom. The van der Waals surface area contributed by atoms with Crippen LogP contribution in [0.5, 0.6) is 0 Å². The molecule has 2 aromatic heterocycles. The summed E-state index contributed by atoms with van der Waals surface area (Å²) < 4.78 is 1.70. The number of thiazole rings is 1. The second-order valence-electron chi connectivity index (χ2n) is 4.02. The van der Waals surface area contributed by atoms with E-state index in [0.29, 0.717) is 6.54 Å². The minimum Gasteiger partial charge on any atom is -0.379 e. The maximum absolute atomic E-state index is 4.24. The predicted octanol–water partition coefficient (Wildman–Crippen LogP) is 2.04. The average molecular weight is 272 g/mol.